The van der Waals surface area contributed by atoms with Gasteiger partial charge in [-0.15, -0.1) is 0 Å². The normalized spacial score (nSPS) is 10.3. The predicted molar refractivity (Wildman–Crippen MR) is 56.3 cm³/mol. The number of nitrogens with zero attached hydrogens (tertiary/aromatic N) is 1. The van der Waals surface area contributed by atoms with Gasteiger partial charge in [-0.05, 0) is 12.1 Å². The number of carbonyl (C=O) groups excluding carboxylic acids is 1. The molecule has 0 bridgehead atoms. The van der Waals surface area contributed by atoms with Crippen LogP contribution in [0.1, 0.15) is 10.4 Å². The first-order valence-corrected chi connectivity index (χ1v) is 4.47. The standard InChI is InChI=1S/C10H8N2O4/c1-16-10(13)7-5-8-6(2-3-11-8)4-9(7)12(14)15/h2-5,11H,1H3. The maximum absolute atomic E-state index is 11.4. The molecule has 0 aliphatic heterocycles. The second-order valence-electron chi connectivity index (χ2n) is 3.18. The molecule has 0 spiro atoms. The molecular weight excluding hydrogens is 212 g/mol. The number of hydrogen-bond donors (Lipinski definition) is 1. The fourth-order valence-electron chi connectivity index (χ4n) is 1.51. The van der Waals surface area contributed by atoms with Crippen molar-refractivity contribution in [3.63, 3.8) is 0 Å². The van der Waals surface area contributed by atoms with Gasteiger partial charge in [0.25, 0.3) is 5.69 Å². The number of carbonyl (C=O) groups is 1. The van der Waals surface area contributed by atoms with Crippen molar-refractivity contribution in [1.29, 1.82) is 0 Å². The van der Waals surface area contributed by atoms with E-state index in [0.717, 1.165) is 0 Å². The molecule has 1 aromatic heterocycles. The van der Waals surface area contributed by atoms with Crippen molar-refractivity contribution in [2.45, 2.75) is 0 Å². The van der Waals surface area contributed by atoms with Gasteiger partial charge in [-0.2, -0.15) is 0 Å². The van der Waals surface area contributed by atoms with Gasteiger partial charge in [-0.1, -0.05) is 0 Å². The molecule has 0 aliphatic rings. The van der Waals surface area contributed by atoms with Gasteiger partial charge in [0.15, 0.2) is 0 Å². The largest absolute Gasteiger partial charge is 0.465 e. The average Bonchev–Trinajstić information content (AvgIpc) is 2.73. The summed E-state index contributed by atoms with van der Waals surface area (Å²) in [5.74, 6) is -0.719. The van der Waals surface area contributed by atoms with Gasteiger partial charge in [0.1, 0.15) is 5.56 Å². The van der Waals surface area contributed by atoms with Gasteiger partial charge in [-0.25, -0.2) is 4.79 Å². The molecule has 6 nitrogen and oxygen atoms in total. The Hall–Kier alpha value is -2.37. The topological polar surface area (TPSA) is 85.2 Å². The molecular formula is C10H8N2O4. The number of rotatable bonds is 2. The van der Waals surface area contributed by atoms with Crippen molar-refractivity contribution in [1.82, 2.24) is 4.98 Å². The molecule has 82 valence electrons. The van der Waals surface area contributed by atoms with Crippen LogP contribution in [0.25, 0.3) is 10.9 Å². The van der Waals surface area contributed by atoms with Crippen molar-refractivity contribution in [3.8, 4) is 0 Å². The Bertz CT molecular complexity index is 573. The van der Waals surface area contributed by atoms with E-state index in [1.807, 2.05) is 0 Å². The minimum Gasteiger partial charge on any atom is -0.465 e. The highest BCUT2D eigenvalue weighted by Gasteiger charge is 2.21. The molecule has 0 unspecified atom stereocenters. The van der Waals surface area contributed by atoms with Gasteiger partial charge < -0.3 is 9.72 Å². The van der Waals surface area contributed by atoms with Crippen LogP contribution < -0.4 is 0 Å². The third kappa shape index (κ3) is 1.50. The van der Waals surface area contributed by atoms with E-state index in [2.05, 4.69) is 9.72 Å². The highest BCUT2D eigenvalue weighted by atomic mass is 16.6. The van der Waals surface area contributed by atoms with E-state index >= 15 is 0 Å². The van der Waals surface area contributed by atoms with Gasteiger partial charge in [0.2, 0.25) is 0 Å². The zero-order chi connectivity index (χ0) is 11.7. The number of hydrogen-bond acceptors (Lipinski definition) is 4. The molecule has 0 atom stereocenters. The van der Waals surface area contributed by atoms with Crippen molar-refractivity contribution >= 4 is 22.6 Å². The molecule has 1 heterocycles. The molecule has 1 aromatic carbocycles. The summed E-state index contributed by atoms with van der Waals surface area (Å²) in [7, 11) is 1.19. The SMILES string of the molecule is COC(=O)c1cc2[nH]ccc2cc1[N+](=O)[O-]. The summed E-state index contributed by atoms with van der Waals surface area (Å²) in [4.78, 5) is 24.4. The van der Waals surface area contributed by atoms with E-state index in [9.17, 15) is 14.9 Å². The number of nitro groups is 1. The van der Waals surface area contributed by atoms with Crippen LogP contribution in [0, 0.1) is 10.1 Å². The lowest BCUT2D eigenvalue weighted by molar-refractivity contribution is -0.385. The van der Waals surface area contributed by atoms with E-state index in [1.54, 1.807) is 12.3 Å². The average molecular weight is 220 g/mol. The zero-order valence-electron chi connectivity index (χ0n) is 8.39. The van der Waals surface area contributed by atoms with Crippen LogP contribution in [0.15, 0.2) is 24.4 Å². The van der Waals surface area contributed by atoms with Crippen LogP contribution in [0.5, 0.6) is 0 Å². The predicted octanol–water partition coefficient (Wildman–Crippen LogP) is 1.86. The molecule has 6 heteroatoms. The maximum Gasteiger partial charge on any atom is 0.344 e. The van der Waals surface area contributed by atoms with Crippen molar-refractivity contribution in [2.75, 3.05) is 7.11 Å². The van der Waals surface area contributed by atoms with Crippen LogP contribution in [0.3, 0.4) is 0 Å². The summed E-state index contributed by atoms with van der Waals surface area (Å²) in [6, 6.07) is 4.46. The third-order valence-electron chi connectivity index (χ3n) is 2.27. The Morgan fingerprint density at radius 2 is 2.25 bits per heavy atom. The van der Waals surface area contributed by atoms with Crippen molar-refractivity contribution in [2.24, 2.45) is 0 Å². The van der Waals surface area contributed by atoms with Crippen LogP contribution >= 0.6 is 0 Å². The summed E-state index contributed by atoms with van der Waals surface area (Å²) in [6.07, 6.45) is 1.65. The first-order valence-electron chi connectivity index (χ1n) is 4.47. The lowest BCUT2D eigenvalue weighted by Gasteiger charge is -2.01. The Morgan fingerprint density at radius 3 is 2.88 bits per heavy atom. The second kappa shape index (κ2) is 3.65. The second-order valence-corrected chi connectivity index (χ2v) is 3.18. The molecule has 0 fully saturated rings. The number of aromatic nitrogens is 1. The molecule has 1 N–H and O–H groups in total. The van der Waals surface area contributed by atoms with Crippen molar-refractivity contribution < 1.29 is 14.5 Å². The molecule has 0 radical (unpaired) electrons. The monoisotopic (exact) mass is 220 g/mol. The van der Waals surface area contributed by atoms with E-state index in [-0.39, 0.29) is 11.3 Å². The molecule has 16 heavy (non-hydrogen) atoms. The molecule has 0 aliphatic carbocycles. The fourth-order valence-corrected chi connectivity index (χ4v) is 1.51. The lowest BCUT2D eigenvalue weighted by atomic mass is 10.1. The van der Waals surface area contributed by atoms with Crippen molar-refractivity contribution in [3.05, 3.63) is 40.1 Å². The number of nitrogens with one attached hydrogen (secondary N) is 1. The van der Waals surface area contributed by atoms with Crippen LogP contribution in [-0.2, 0) is 4.74 Å². The van der Waals surface area contributed by atoms with Crippen LogP contribution in [0.2, 0.25) is 0 Å². The Balaban J connectivity index is 2.72. The molecule has 0 saturated heterocycles. The quantitative estimate of drug-likeness (QED) is 0.475. The number of nitro benzene ring substituents is 1. The minimum absolute atomic E-state index is 0.0533. The smallest absolute Gasteiger partial charge is 0.344 e. The van der Waals surface area contributed by atoms with E-state index in [1.165, 1.54) is 19.2 Å². The minimum atomic E-state index is -0.719. The Kier molecular flexibility index (Phi) is 2.32. The highest BCUT2D eigenvalue weighted by molar-refractivity contribution is 5.99. The lowest BCUT2D eigenvalue weighted by Crippen LogP contribution is -2.05. The van der Waals surface area contributed by atoms with Gasteiger partial charge in [0, 0.05) is 23.2 Å². The summed E-state index contributed by atoms with van der Waals surface area (Å²) < 4.78 is 4.50. The first-order chi connectivity index (χ1) is 7.63. The number of aromatic amines is 1. The number of benzene rings is 1. The Morgan fingerprint density at radius 1 is 1.50 bits per heavy atom. The van der Waals surface area contributed by atoms with Crippen LogP contribution in [-0.4, -0.2) is 23.0 Å². The first kappa shape index (κ1) is 10.2. The summed E-state index contributed by atoms with van der Waals surface area (Å²) in [6.45, 7) is 0. The molecule has 2 aromatic rings. The van der Waals surface area contributed by atoms with E-state index in [0.29, 0.717) is 10.9 Å². The number of methoxy groups -OCH3 is 1. The molecule has 0 amide bonds. The van der Waals surface area contributed by atoms with E-state index in [4.69, 9.17) is 0 Å². The third-order valence-corrected chi connectivity index (χ3v) is 2.27. The highest BCUT2D eigenvalue weighted by Crippen LogP contribution is 2.25. The fraction of sp³-hybridized carbons (Fsp3) is 0.100. The maximum atomic E-state index is 11.4. The number of esters is 1. The number of fused-ring (bicyclic) bond motifs is 1. The van der Waals surface area contributed by atoms with Gasteiger partial charge in [-0.3, -0.25) is 10.1 Å². The van der Waals surface area contributed by atoms with Gasteiger partial charge >= 0.3 is 5.97 Å². The zero-order valence-corrected chi connectivity index (χ0v) is 8.39. The summed E-state index contributed by atoms with van der Waals surface area (Å²) >= 11 is 0. The van der Waals surface area contributed by atoms with E-state index < -0.39 is 10.9 Å². The Labute approximate surface area is 90.0 Å². The van der Waals surface area contributed by atoms with Crippen LogP contribution in [0.4, 0.5) is 5.69 Å². The summed E-state index contributed by atoms with van der Waals surface area (Å²) in [5, 5.41) is 11.5. The number of ether oxygens (including phenoxy) is 1. The summed E-state index contributed by atoms with van der Waals surface area (Å²) in [5.41, 5.74) is 0.354. The van der Waals surface area contributed by atoms with Gasteiger partial charge in [0.05, 0.1) is 12.0 Å². The molecule has 2 rings (SSSR count). The molecule has 0 saturated carbocycles. The number of H-pyrrole nitrogens is 1.